The number of nitrogens with one attached hydrogen (secondary N) is 1. The lowest BCUT2D eigenvalue weighted by Crippen LogP contribution is -2.30. The van der Waals surface area contributed by atoms with Crippen LogP contribution in [0.3, 0.4) is 0 Å². The van der Waals surface area contributed by atoms with E-state index in [0.29, 0.717) is 4.88 Å². The average molecular weight is 329 g/mol. The predicted octanol–water partition coefficient (Wildman–Crippen LogP) is 2.38. The van der Waals surface area contributed by atoms with Crippen molar-refractivity contribution < 1.29 is 14.3 Å². The Morgan fingerprint density at radius 2 is 2.09 bits per heavy atom. The van der Waals surface area contributed by atoms with Crippen LogP contribution in [-0.2, 0) is 9.53 Å². The number of ether oxygens (including phenoxy) is 1. The number of amides is 1. The highest BCUT2D eigenvalue weighted by molar-refractivity contribution is 7.21. The summed E-state index contributed by atoms with van der Waals surface area (Å²) in [5.74, 6) is -0.771. The summed E-state index contributed by atoms with van der Waals surface area (Å²) in [7, 11) is 0. The summed E-state index contributed by atoms with van der Waals surface area (Å²) in [4.78, 5) is 29.5. The van der Waals surface area contributed by atoms with Gasteiger partial charge in [-0.25, -0.2) is 4.98 Å². The van der Waals surface area contributed by atoms with E-state index in [1.54, 1.807) is 13.1 Å². The normalized spacial score (nSPS) is 10.7. The fraction of sp³-hybridized carbons (Fsp3) is 0.188. The Bertz CT molecular complexity index is 840. The van der Waals surface area contributed by atoms with Gasteiger partial charge in [-0.2, -0.15) is 0 Å². The van der Waals surface area contributed by atoms with E-state index >= 15 is 0 Å². The number of carbonyl (C=O) groups excluding carboxylic acids is 2. The van der Waals surface area contributed by atoms with Crippen molar-refractivity contribution in [1.29, 1.82) is 0 Å². The van der Waals surface area contributed by atoms with Crippen LogP contribution in [-0.4, -0.2) is 34.6 Å². The van der Waals surface area contributed by atoms with Crippen molar-refractivity contribution >= 4 is 33.4 Å². The molecule has 0 aliphatic rings. The zero-order valence-corrected chi connectivity index (χ0v) is 13.3. The number of hydrogen-bond donors (Lipinski definition) is 1. The summed E-state index contributed by atoms with van der Waals surface area (Å²) in [6, 6.07) is 7.54. The Hall–Kier alpha value is -2.67. The highest BCUT2D eigenvalue weighted by Gasteiger charge is 2.20. The molecule has 0 saturated heterocycles. The zero-order valence-electron chi connectivity index (χ0n) is 12.5. The molecule has 0 radical (unpaired) electrons. The maximum Gasteiger partial charge on any atom is 0.325 e. The van der Waals surface area contributed by atoms with Crippen molar-refractivity contribution in [3.8, 4) is 5.69 Å². The molecule has 3 aromatic heterocycles. The van der Waals surface area contributed by atoms with Crippen molar-refractivity contribution in [3.63, 3.8) is 0 Å². The lowest BCUT2D eigenvalue weighted by molar-refractivity contribution is -0.141. The van der Waals surface area contributed by atoms with E-state index in [2.05, 4.69) is 10.3 Å². The van der Waals surface area contributed by atoms with E-state index in [4.69, 9.17) is 4.74 Å². The fourth-order valence-electron chi connectivity index (χ4n) is 2.26. The molecular weight excluding hydrogens is 314 g/mol. The van der Waals surface area contributed by atoms with E-state index < -0.39 is 5.97 Å². The molecule has 0 spiro atoms. The monoisotopic (exact) mass is 329 g/mol. The standard InChI is InChI=1S/C16H15N3O3S/c1-2-22-12(20)10-18-15(21)14-13(19-8-3-4-9-19)11-6-5-7-17-16(11)23-14/h3-9H,2,10H2,1H3,(H,18,21). The Balaban J connectivity index is 1.95. The molecule has 0 fully saturated rings. The van der Waals surface area contributed by atoms with E-state index in [0.717, 1.165) is 15.9 Å². The molecular formula is C16H15N3O3S. The number of carbonyl (C=O) groups is 2. The van der Waals surface area contributed by atoms with Crippen molar-refractivity contribution in [2.24, 2.45) is 0 Å². The minimum absolute atomic E-state index is 0.153. The van der Waals surface area contributed by atoms with Gasteiger partial charge in [-0.3, -0.25) is 9.59 Å². The van der Waals surface area contributed by atoms with Crippen molar-refractivity contribution in [3.05, 3.63) is 47.7 Å². The third-order valence-electron chi connectivity index (χ3n) is 3.21. The second-order valence-electron chi connectivity index (χ2n) is 4.71. The van der Waals surface area contributed by atoms with Gasteiger partial charge < -0.3 is 14.6 Å². The molecule has 0 saturated carbocycles. The number of rotatable bonds is 5. The van der Waals surface area contributed by atoms with Gasteiger partial charge in [-0.15, -0.1) is 11.3 Å². The molecule has 23 heavy (non-hydrogen) atoms. The summed E-state index contributed by atoms with van der Waals surface area (Å²) >= 11 is 1.30. The van der Waals surface area contributed by atoms with E-state index in [-0.39, 0.29) is 19.1 Å². The molecule has 0 aliphatic carbocycles. The molecule has 118 valence electrons. The maximum atomic E-state index is 12.5. The first-order valence-corrected chi connectivity index (χ1v) is 7.97. The first kappa shape index (κ1) is 15.2. The largest absolute Gasteiger partial charge is 0.465 e. The highest BCUT2D eigenvalue weighted by atomic mass is 32.1. The van der Waals surface area contributed by atoms with Crippen LogP contribution in [0.2, 0.25) is 0 Å². The minimum atomic E-state index is -0.456. The smallest absolute Gasteiger partial charge is 0.325 e. The number of esters is 1. The van der Waals surface area contributed by atoms with E-state index in [1.165, 1.54) is 11.3 Å². The number of hydrogen-bond acceptors (Lipinski definition) is 5. The second kappa shape index (κ2) is 6.62. The summed E-state index contributed by atoms with van der Waals surface area (Å²) < 4.78 is 6.70. The van der Waals surface area contributed by atoms with Crippen LogP contribution in [0.25, 0.3) is 15.9 Å². The van der Waals surface area contributed by atoms with Crippen LogP contribution in [0, 0.1) is 0 Å². The van der Waals surface area contributed by atoms with Gasteiger partial charge in [-0.05, 0) is 31.2 Å². The van der Waals surface area contributed by atoms with Crippen molar-refractivity contribution in [2.45, 2.75) is 6.92 Å². The number of thiophene rings is 1. The van der Waals surface area contributed by atoms with Crippen LogP contribution >= 0.6 is 11.3 Å². The second-order valence-corrected chi connectivity index (χ2v) is 5.71. The minimum Gasteiger partial charge on any atom is -0.465 e. The molecule has 0 atom stereocenters. The molecule has 0 unspecified atom stereocenters. The summed E-state index contributed by atoms with van der Waals surface area (Å²) in [6.45, 7) is 1.86. The van der Waals surface area contributed by atoms with Gasteiger partial charge in [0.15, 0.2) is 0 Å². The van der Waals surface area contributed by atoms with Gasteiger partial charge in [0.25, 0.3) is 5.91 Å². The number of aromatic nitrogens is 2. The Kier molecular flexibility index (Phi) is 4.38. The molecule has 0 bridgehead atoms. The average Bonchev–Trinajstić information content (AvgIpc) is 3.19. The number of fused-ring (bicyclic) bond motifs is 1. The van der Waals surface area contributed by atoms with E-state index in [1.807, 2.05) is 41.2 Å². The van der Waals surface area contributed by atoms with Crippen LogP contribution in [0.1, 0.15) is 16.6 Å². The molecule has 1 amide bonds. The Labute approximate surface area is 136 Å². The first-order valence-electron chi connectivity index (χ1n) is 7.15. The molecule has 0 aromatic carbocycles. The Morgan fingerprint density at radius 1 is 1.30 bits per heavy atom. The molecule has 3 aromatic rings. The topological polar surface area (TPSA) is 73.2 Å². The molecule has 1 N–H and O–H groups in total. The molecule has 7 heteroatoms. The van der Waals surface area contributed by atoms with Crippen LogP contribution in [0.5, 0.6) is 0 Å². The van der Waals surface area contributed by atoms with Gasteiger partial charge in [0.2, 0.25) is 0 Å². The molecule has 6 nitrogen and oxygen atoms in total. The summed E-state index contributed by atoms with van der Waals surface area (Å²) in [5, 5.41) is 3.50. The van der Waals surface area contributed by atoms with Gasteiger partial charge in [0, 0.05) is 24.0 Å². The fourth-order valence-corrected chi connectivity index (χ4v) is 3.32. The van der Waals surface area contributed by atoms with Crippen LogP contribution in [0.15, 0.2) is 42.9 Å². The van der Waals surface area contributed by atoms with Crippen molar-refractivity contribution in [1.82, 2.24) is 14.9 Å². The van der Waals surface area contributed by atoms with Crippen molar-refractivity contribution in [2.75, 3.05) is 13.2 Å². The zero-order chi connectivity index (χ0) is 16.2. The van der Waals surface area contributed by atoms with Crippen LogP contribution in [0.4, 0.5) is 0 Å². The molecule has 3 rings (SSSR count). The van der Waals surface area contributed by atoms with Crippen LogP contribution < -0.4 is 5.32 Å². The van der Waals surface area contributed by atoms with Gasteiger partial charge in [-0.1, -0.05) is 0 Å². The SMILES string of the molecule is CCOC(=O)CNC(=O)c1sc2ncccc2c1-n1cccc1. The summed E-state index contributed by atoms with van der Waals surface area (Å²) in [5.41, 5.74) is 0.768. The summed E-state index contributed by atoms with van der Waals surface area (Å²) in [6.07, 6.45) is 5.44. The first-order chi connectivity index (χ1) is 11.2. The van der Waals surface area contributed by atoms with Gasteiger partial charge >= 0.3 is 5.97 Å². The lowest BCUT2D eigenvalue weighted by atomic mass is 10.2. The lowest BCUT2D eigenvalue weighted by Gasteiger charge is -2.07. The third kappa shape index (κ3) is 3.09. The number of nitrogens with zero attached hydrogens (tertiary/aromatic N) is 2. The highest BCUT2D eigenvalue weighted by Crippen LogP contribution is 2.32. The Morgan fingerprint density at radius 3 is 2.83 bits per heavy atom. The van der Waals surface area contributed by atoms with Gasteiger partial charge in [0.1, 0.15) is 16.3 Å². The van der Waals surface area contributed by atoms with E-state index in [9.17, 15) is 9.59 Å². The number of pyridine rings is 1. The third-order valence-corrected chi connectivity index (χ3v) is 4.31. The molecule has 0 aliphatic heterocycles. The van der Waals surface area contributed by atoms with Gasteiger partial charge in [0.05, 0.1) is 12.3 Å². The maximum absolute atomic E-state index is 12.5. The quantitative estimate of drug-likeness (QED) is 0.730. The molecule has 3 heterocycles. The predicted molar refractivity (Wildman–Crippen MR) is 87.9 cm³/mol.